The number of hydrogen-bond donors (Lipinski definition) is 1. The highest BCUT2D eigenvalue weighted by Crippen LogP contribution is 2.24. The van der Waals surface area contributed by atoms with Gasteiger partial charge in [-0.3, -0.25) is 4.79 Å². The van der Waals surface area contributed by atoms with E-state index in [0.29, 0.717) is 6.42 Å². The van der Waals surface area contributed by atoms with Gasteiger partial charge in [0.25, 0.3) is 0 Å². The smallest absolute Gasteiger partial charge is 0.303 e. The van der Waals surface area contributed by atoms with Crippen LogP contribution in [0.3, 0.4) is 0 Å². The first kappa shape index (κ1) is 13.8. The summed E-state index contributed by atoms with van der Waals surface area (Å²) in [4.78, 5) is 12.9. The molecule has 0 bridgehead atoms. The average Bonchev–Trinajstić information content (AvgIpc) is 2.24. The third-order valence-corrected chi connectivity index (χ3v) is 4.58. The fourth-order valence-electron chi connectivity index (χ4n) is 1.95. The average molecular weight is 245 g/mol. The quantitative estimate of drug-likeness (QED) is 0.729. The second kappa shape index (κ2) is 7.17. The Labute approximate surface area is 103 Å². The van der Waals surface area contributed by atoms with E-state index in [1.807, 2.05) is 0 Å². The summed E-state index contributed by atoms with van der Waals surface area (Å²) in [6.45, 7) is 7.98. The summed E-state index contributed by atoms with van der Waals surface area (Å²) in [7, 11) is 0. The molecule has 1 N–H and O–H groups in total. The van der Waals surface area contributed by atoms with Crippen LogP contribution in [0.4, 0.5) is 0 Å². The summed E-state index contributed by atoms with van der Waals surface area (Å²) in [6.07, 6.45) is 2.14. The minimum atomic E-state index is -0.672. The molecule has 0 aromatic heterocycles. The summed E-state index contributed by atoms with van der Waals surface area (Å²) in [5.41, 5.74) is 0. The van der Waals surface area contributed by atoms with Gasteiger partial charge in [-0.25, -0.2) is 0 Å². The van der Waals surface area contributed by atoms with Gasteiger partial charge in [0.2, 0.25) is 0 Å². The van der Waals surface area contributed by atoms with Gasteiger partial charge in [-0.05, 0) is 25.3 Å². The lowest BCUT2D eigenvalue weighted by Gasteiger charge is -2.34. The van der Waals surface area contributed by atoms with Crippen molar-refractivity contribution in [1.29, 1.82) is 0 Å². The number of aliphatic carboxylic acids is 1. The second-order valence-electron chi connectivity index (χ2n) is 4.80. The molecule has 0 radical (unpaired) electrons. The van der Waals surface area contributed by atoms with Crippen molar-refractivity contribution in [3.8, 4) is 0 Å². The van der Waals surface area contributed by atoms with Crippen molar-refractivity contribution < 1.29 is 9.90 Å². The summed E-state index contributed by atoms with van der Waals surface area (Å²) in [5, 5.41) is 9.31. The largest absolute Gasteiger partial charge is 0.481 e. The Morgan fingerprint density at radius 3 is 2.88 bits per heavy atom. The summed E-state index contributed by atoms with van der Waals surface area (Å²) in [5.74, 6) is 1.29. The molecule has 1 saturated heterocycles. The Morgan fingerprint density at radius 2 is 2.25 bits per heavy atom. The molecule has 1 atom stereocenters. The fraction of sp³-hybridized carbons (Fsp3) is 0.917. The monoisotopic (exact) mass is 245 g/mol. The molecular weight excluding hydrogens is 222 g/mol. The zero-order chi connectivity index (χ0) is 12.0. The van der Waals surface area contributed by atoms with Crippen molar-refractivity contribution in [2.75, 3.05) is 25.4 Å². The van der Waals surface area contributed by atoms with Crippen LogP contribution in [0.5, 0.6) is 0 Å². The first-order valence-corrected chi connectivity index (χ1v) is 7.20. The normalized spacial score (nSPS) is 22.6. The molecule has 1 fully saturated rings. The highest BCUT2D eigenvalue weighted by molar-refractivity contribution is 8.00. The molecule has 0 aliphatic carbocycles. The van der Waals surface area contributed by atoms with Gasteiger partial charge >= 0.3 is 5.97 Å². The molecule has 4 heteroatoms. The Hall–Kier alpha value is -0.220. The second-order valence-corrected chi connectivity index (χ2v) is 6.15. The van der Waals surface area contributed by atoms with Crippen molar-refractivity contribution in [2.45, 2.75) is 38.4 Å². The van der Waals surface area contributed by atoms with Gasteiger partial charge in [0.15, 0.2) is 0 Å². The molecular formula is C12H23NO2S. The predicted octanol–water partition coefficient (Wildman–Crippen LogP) is 2.31. The molecule has 1 aliphatic heterocycles. The fourth-order valence-corrected chi connectivity index (χ4v) is 3.32. The topological polar surface area (TPSA) is 40.5 Å². The van der Waals surface area contributed by atoms with E-state index in [1.54, 1.807) is 0 Å². The molecule has 1 unspecified atom stereocenters. The summed E-state index contributed by atoms with van der Waals surface area (Å²) < 4.78 is 0. The van der Waals surface area contributed by atoms with Gasteiger partial charge in [-0.15, -0.1) is 0 Å². The maximum Gasteiger partial charge on any atom is 0.303 e. The molecule has 0 spiro atoms. The third kappa shape index (κ3) is 5.21. The Kier molecular flexibility index (Phi) is 6.21. The maximum atomic E-state index is 10.4. The van der Waals surface area contributed by atoms with Gasteiger partial charge in [-0.2, -0.15) is 11.8 Å². The first-order chi connectivity index (χ1) is 7.59. The molecule has 94 valence electrons. The molecule has 1 heterocycles. The van der Waals surface area contributed by atoms with Crippen LogP contribution in [0.2, 0.25) is 0 Å². The van der Waals surface area contributed by atoms with Crippen LogP contribution < -0.4 is 0 Å². The highest BCUT2D eigenvalue weighted by Gasteiger charge is 2.22. The van der Waals surface area contributed by atoms with E-state index >= 15 is 0 Å². The van der Waals surface area contributed by atoms with Crippen LogP contribution in [0.1, 0.15) is 33.1 Å². The maximum absolute atomic E-state index is 10.4. The van der Waals surface area contributed by atoms with E-state index in [2.05, 4.69) is 30.5 Å². The number of unbranched alkanes of at least 4 members (excludes halogenated alkanes) is 1. The van der Waals surface area contributed by atoms with E-state index in [9.17, 15) is 4.79 Å². The third-order valence-electron chi connectivity index (χ3n) is 3.04. The van der Waals surface area contributed by atoms with Crippen LogP contribution in [0, 0.1) is 5.92 Å². The molecule has 0 amide bonds. The Morgan fingerprint density at radius 1 is 1.50 bits per heavy atom. The standard InChI is InChI=1S/C12H23NO2S/c1-10(2)11-9-13(7-8-16-11)6-4-3-5-12(14)15/h10-11H,3-9H2,1-2H3,(H,14,15). The van der Waals surface area contributed by atoms with Gasteiger partial charge < -0.3 is 10.0 Å². The minimum Gasteiger partial charge on any atom is -0.481 e. The lowest BCUT2D eigenvalue weighted by molar-refractivity contribution is -0.137. The molecule has 1 aliphatic rings. The van der Waals surface area contributed by atoms with E-state index in [-0.39, 0.29) is 0 Å². The molecule has 3 nitrogen and oxygen atoms in total. The number of rotatable bonds is 6. The van der Waals surface area contributed by atoms with E-state index < -0.39 is 5.97 Å². The van der Waals surface area contributed by atoms with Crippen LogP contribution >= 0.6 is 11.8 Å². The van der Waals surface area contributed by atoms with E-state index in [0.717, 1.165) is 30.6 Å². The van der Waals surface area contributed by atoms with Gasteiger partial charge in [-0.1, -0.05) is 13.8 Å². The van der Waals surface area contributed by atoms with Crippen molar-refractivity contribution >= 4 is 17.7 Å². The Balaban J connectivity index is 2.14. The van der Waals surface area contributed by atoms with Crippen LogP contribution in [-0.4, -0.2) is 46.6 Å². The molecule has 16 heavy (non-hydrogen) atoms. The molecule has 0 aromatic carbocycles. The minimum absolute atomic E-state index is 0.316. The van der Waals surface area contributed by atoms with Gasteiger partial charge in [0.05, 0.1) is 0 Å². The lowest BCUT2D eigenvalue weighted by Crippen LogP contribution is -2.40. The van der Waals surface area contributed by atoms with E-state index in [1.165, 1.54) is 18.8 Å². The van der Waals surface area contributed by atoms with Gasteiger partial charge in [0, 0.05) is 30.5 Å². The highest BCUT2D eigenvalue weighted by atomic mass is 32.2. The lowest BCUT2D eigenvalue weighted by atomic mass is 10.1. The van der Waals surface area contributed by atoms with Crippen LogP contribution in [0.25, 0.3) is 0 Å². The number of carboxylic acids is 1. The van der Waals surface area contributed by atoms with Crippen molar-refractivity contribution in [3.63, 3.8) is 0 Å². The van der Waals surface area contributed by atoms with E-state index in [4.69, 9.17) is 5.11 Å². The number of thioether (sulfide) groups is 1. The van der Waals surface area contributed by atoms with Crippen molar-refractivity contribution in [3.05, 3.63) is 0 Å². The zero-order valence-electron chi connectivity index (χ0n) is 10.3. The van der Waals surface area contributed by atoms with Crippen LogP contribution in [0.15, 0.2) is 0 Å². The number of nitrogens with zero attached hydrogens (tertiary/aromatic N) is 1. The zero-order valence-corrected chi connectivity index (χ0v) is 11.1. The first-order valence-electron chi connectivity index (χ1n) is 6.15. The SMILES string of the molecule is CC(C)C1CN(CCCCC(=O)O)CCS1. The number of carboxylic acid groups (broad SMARTS) is 1. The van der Waals surface area contributed by atoms with Gasteiger partial charge in [0.1, 0.15) is 0 Å². The summed E-state index contributed by atoms with van der Waals surface area (Å²) in [6, 6.07) is 0. The molecule has 0 aromatic rings. The van der Waals surface area contributed by atoms with Crippen molar-refractivity contribution in [1.82, 2.24) is 4.90 Å². The summed E-state index contributed by atoms with van der Waals surface area (Å²) >= 11 is 2.08. The van der Waals surface area contributed by atoms with Crippen molar-refractivity contribution in [2.24, 2.45) is 5.92 Å². The molecule has 1 rings (SSSR count). The molecule has 0 saturated carbocycles. The van der Waals surface area contributed by atoms with Crippen LogP contribution in [-0.2, 0) is 4.79 Å². The number of carbonyl (C=O) groups is 1. The Bertz CT molecular complexity index is 221. The predicted molar refractivity (Wildman–Crippen MR) is 69.0 cm³/mol. The number of hydrogen-bond acceptors (Lipinski definition) is 3.